The predicted molar refractivity (Wildman–Crippen MR) is 111 cm³/mol. The largest absolute Gasteiger partial charge is 0.338 e. The van der Waals surface area contributed by atoms with Gasteiger partial charge in [0.05, 0.1) is 9.90 Å². The molecule has 0 radical (unpaired) electrons. The lowest BCUT2D eigenvalue weighted by Gasteiger charge is -2.32. The highest BCUT2D eigenvalue weighted by atomic mass is 32.2. The van der Waals surface area contributed by atoms with Crippen molar-refractivity contribution in [3.8, 4) is 0 Å². The van der Waals surface area contributed by atoms with Gasteiger partial charge in [0.2, 0.25) is 10.0 Å². The second-order valence-corrected chi connectivity index (χ2v) is 9.86. The zero-order valence-electron chi connectivity index (χ0n) is 16.6. The minimum absolute atomic E-state index is 0.114. The molecule has 2 heterocycles. The molecule has 0 N–H and O–H groups in total. The first-order valence-corrected chi connectivity index (χ1v) is 12.0. The Balaban J connectivity index is 1.86. The summed E-state index contributed by atoms with van der Waals surface area (Å²) in [5, 5.41) is 3.02. The monoisotopic (exact) mass is 421 g/mol. The minimum atomic E-state index is -3.61. The summed E-state index contributed by atoms with van der Waals surface area (Å²) in [4.78, 5) is 19.6. The SMILES string of the molecule is CCN(CC)S(=O)(=O)c1cc(C(=O)N2CCCC(c3nccs3)C2)ccc1C. The van der Waals surface area contributed by atoms with Crippen LogP contribution in [0.3, 0.4) is 0 Å². The first kappa shape index (κ1) is 21.0. The van der Waals surface area contributed by atoms with E-state index in [2.05, 4.69) is 4.98 Å². The molecule has 0 bridgehead atoms. The van der Waals surface area contributed by atoms with Gasteiger partial charge in [-0.1, -0.05) is 19.9 Å². The fourth-order valence-electron chi connectivity index (χ4n) is 3.70. The number of nitrogens with zero attached hydrogens (tertiary/aromatic N) is 3. The van der Waals surface area contributed by atoms with Gasteiger partial charge in [0.25, 0.3) is 5.91 Å². The molecule has 1 fully saturated rings. The summed E-state index contributed by atoms with van der Waals surface area (Å²) in [6, 6.07) is 5.00. The van der Waals surface area contributed by atoms with Crippen molar-refractivity contribution in [2.24, 2.45) is 0 Å². The third-order valence-electron chi connectivity index (χ3n) is 5.27. The van der Waals surface area contributed by atoms with Crippen molar-refractivity contribution < 1.29 is 13.2 Å². The van der Waals surface area contributed by atoms with Gasteiger partial charge in [0.1, 0.15) is 0 Å². The van der Waals surface area contributed by atoms with Gasteiger partial charge in [-0.25, -0.2) is 13.4 Å². The lowest BCUT2D eigenvalue weighted by Crippen LogP contribution is -2.39. The standard InChI is InChI=1S/C20H27N3O3S2/c1-4-23(5-2)28(25,26)18-13-16(9-8-15(18)3)20(24)22-11-6-7-17(14-22)19-21-10-12-27-19/h8-10,12-13,17H,4-7,11,14H2,1-3H3. The highest BCUT2D eigenvalue weighted by molar-refractivity contribution is 7.89. The van der Waals surface area contributed by atoms with Crippen LogP contribution in [0.2, 0.25) is 0 Å². The van der Waals surface area contributed by atoms with Crippen LogP contribution in [0.5, 0.6) is 0 Å². The van der Waals surface area contributed by atoms with Crippen LogP contribution < -0.4 is 0 Å². The summed E-state index contributed by atoms with van der Waals surface area (Å²) in [6.07, 6.45) is 3.74. The minimum Gasteiger partial charge on any atom is -0.338 e. The van der Waals surface area contributed by atoms with E-state index in [0.29, 0.717) is 37.3 Å². The van der Waals surface area contributed by atoms with Crippen LogP contribution in [0, 0.1) is 6.92 Å². The quantitative estimate of drug-likeness (QED) is 0.716. The molecule has 28 heavy (non-hydrogen) atoms. The van der Waals surface area contributed by atoms with Crippen LogP contribution in [0.15, 0.2) is 34.7 Å². The van der Waals surface area contributed by atoms with Crippen molar-refractivity contribution in [3.05, 3.63) is 45.9 Å². The van der Waals surface area contributed by atoms with Gasteiger partial charge in [0.15, 0.2) is 0 Å². The van der Waals surface area contributed by atoms with Crippen LogP contribution in [-0.2, 0) is 10.0 Å². The van der Waals surface area contributed by atoms with Gasteiger partial charge in [-0.05, 0) is 37.5 Å². The molecule has 3 rings (SSSR count). The Hall–Kier alpha value is -1.77. The molecule has 1 aliphatic heterocycles. The van der Waals surface area contributed by atoms with E-state index in [4.69, 9.17) is 0 Å². The highest BCUT2D eigenvalue weighted by Gasteiger charge is 2.29. The fraction of sp³-hybridized carbons (Fsp3) is 0.500. The number of hydrogen-bond donors (Lipinski definition) is 0. The first-order valence-electron chi connectivity index (χ1n) is 9.68. The van der Waals surface area contributed by atoms with Crippen molar-refractivity contribution in [1.82, 2.24) is 14.2 Å². The van der Waals surface area contributed by atoms with E-state index in [9.17, 15) is 13.2 Å². The maximum absolute atomic E-state index is 13.1. The third-order valence-corrected chi connectivity index (χ3v) is 8.40. The number of rotatable bonds is 6. The predicted octanol–water partition coefficient (Wildman–Crippen LogP) is 3.50. The van der Waals surface area contributed by atoms with Gasteiger partial charge >= 0.3 is 0 Å². The van der Waals surface area contributed by atoms with Gasteiger partial charge < -0.3 is 4.90 Å². The zero-order chi connectivity index (χ0) is 20.3. The Morgan fingerprint density at radius 3 is 2.71 bits per heavy atom. The molecule has 8 heteroatoms. The average Bonchev–Trinajstić information content (AvgIpc) is 3.23. The molecular formula is C20H27N3O3S2. The third kappa shape index (κ3) is 4.14. The van der Waals surface area contributed by atoms with Crippen LogP contribution in [0.25, 0.3) is 0 Å². The van der Waals surface area contributed by atoms with Crippen molar-refractivity contribution in [2.45, 2.75) is 44.4 Å². The summed E-state index contributed by atoms with van der Waals surface area (Å²) >= 11 is 1.62. The number of piperidine rings is 1. The molecular weight excluding hydrogens is 394 g/mol. The van der Waals surface area contributed by atoms with Crippen molar-refractivity contribution in [3.63, 3.8) is 0 Å². The lowest BCUT2D eigenvalue weighted by atomic mass is 9.98. The van der Waals surface area contributed by atoms with E-state index in [1.807, 2.05) is 24.1 Å². The number of thiazole rings is 1. The number of benzene rings is 1. The number of likely N-dealkylation sites (tertiary alicyclic amines) is 1. The number of aryl methyl sites for hydroxylation is 1. The molecule has 1 atom stereocenters. The summed E-state index contributed by atoms with van der Waals surface area (Å²) < 4.78 is 27.4. The lowest BCUT2D eigenvalue weighted by molar-refractivity contribution is 0.0707. The van der Waals surface area contributed by atoms with E-state index in [1.165, 1.54) is 4.31 Å². The molecule has 1 amide bonds. The smallest absolute Gasteiger partial charge is 0.253 e. The van der Waals surface area contributed by atoms with E-state index in [0.717, 1.165) is 17.8 Å². The number of hydrogen-bond acceptors (Lipinski definition) is 5. The Morgan fingerprint density at radius 1 is 1.32 bits per heavy atom. The number of amides is 1. The molecule has 1 aliphatic rings. The second-order valence-electron chi connectivity index (χ2n) is 7.03. The van der Waals surface area contributed by atoms with Crippen LogP contribution in [-0.4, -0.2) is 54.7 Å². The molecule has 0 spiro atoms. The van der Waals surface area contributed by atoms with Gasteiger partial charge in [-0.2, -0.15) is 4.31 Å². The Kier molecular flexibility index (Phi) is 6.52. The molecule has 1 aromatic heterocycles. The Labute approximate surface area is 171 Å². The normalized spacial score (nSPS) is 17.9. The molecule has 1 aromatic carbocycles. The van der Waals surface area contributed by atoms with Crippen molar-refractivity contribution in [2.75, 3.05) is 26.2 Å². The summed E-state index contributed by atoms with van der Waals surface area (Å²) in [6.45, 7) is 7.51. The molecule has 6 nitrogen and oxygen atoms in total. The maximum Gasteiger partial charge on any atom is 0.253 e. The Morgan fingerprint density at radius 2 is 2.07 bits per heavy atom. The fourth-order valence-corrected chi connectivity index (χ4v) is 6.17. The summed E-state index contributed by atoms with van der Waals surface area (Å²) in [5.41, 5.74) is 1.08. The van der Waals surface area contributed by atoms with E-state index < -0.39 is 10.0 Å². The molecule has 2 aromatic rings. The maximum atomic E-state index is 13.1. The van der Waals surface area contributed by atoms with Gasteiger partial charge in [-0.15, -0.1) is 11.3 Å². The highest BCUT2D eigenvalue weighted by Crippen LogP contribution is 2.29. The topological polar surface area (TPSA) is 70.6 Å². The number of sulfonamides is 1. The second kappa shape index (κ2) is 8.71. The molecule has 0 saturated carbocycles. The van der Waals surface area contributed by atoms with Crippen molar-refractivity contribution in [1.29, 1.82) is 0 Å². The number of carbonyl (C=O) groups excluding carboxylic acids is 1. The molecule has 152 valence electrons. The van der Waals surface area contributed by atoms with Gasteiger partial charge in [0, 0.05) is 49.2 Å². The van der Waals surface area contributed by atoms with Crippen LogP contribution in [0.4, 0.5) is 0 Å². The summed E-state index contributed by atoms with van der Waals surface area (Å²) in [7, 11) is -3.61. The molecule has 0 aliphatic carbocycles. The Bertz CT molecular complexity index is 922. The van der Waals surface area contributed by atoms with E-state index in [-0.39, 0.29) is 16.7 Å². The van der Waals surface area contributed by atoms with E-state index >= 15 is 0 Å². The number of aromatic nitrogens is 1. The van der Waals surface area contributed by atoms with Crippen LogP contribution >= 0.6 is 11.3 Å². The molecule has 1 unspecified atom stereocenters. The zero-order valence-corrected chi connectivity index (χ0v) is 18.2. The molecule has 1 saturated heterocycles. The van der Waals surface area contributed by atoms with E-state index in [1.54, 1.807) is 42.7 Å². The van der Waals surface area contributed by atoms with Gasteiger partial charge in [-0.3, -0.25) is 4.79 Å². The first-order chi connectivity index (χ1) is 13.4. The van der Waals surface area contributed by atoms with Crippen LogP contribution in [0.1, 0.15) is 53.5 Å². The average molecular weight is 422 g/mol. The number of carbonyl (C=O) groups is 1. The summed E-state index contributed by atoms with van der Waals surface area (Å²) in [5.74, 6) is 0.138. The van der Waals surface area contributed by atoms with Crippen molar-refractivity contribution >= 4 is 27.3 Å².